The zero-order valence-corrected chi connectivity index (χ0v) is 16.5. The molecule has 148 valence electrons. The lowest BCUT2D eigenvalue weighted by molar-refractivity contribution is -0.120. The summed E-state index contributed by atoms with van der Waals surface area (Å²) in [5, 5.41) is 5.64. The smallest absolute Gasteiger partial charge is 0.251 e. The highest BCUT2D eigenvalue weighted by Gasteiger charge is 2.35. The number of benzene rings is 2. The molecule has 5 heteroatoms. The van der Waals surface area contributed by atoms with Crippen LogP contribution in [-0.4, -0.2) is 24.9 Å². The molecule has 0 spiro atoms. The molecule has 0 saturated heterocycles. The standard InChI is InChI=1S/C23H27FN2O2/c1-16-5-6-18(13-17(16)2)22(28)25-14-21(27)26-15-23(11-3-4-12-23)19-7-9-20(24)10-8-19/h5-10,13H,3-4,11-12,14-15H2,1-2H3,(H,25,28)(H,26,27). The second-order valence-electron chi connectivity index (χ2n) is 7.75. The zero-order valence-electron chi connectivity index (χ0n) is 16.5. The lowest BCUT2D eigenvalue weighted by atomic mass is 9.79. The van der Waals surface area contributed by atoms with E-state index in [2.05, 4.69) is 10.6 Å². The number of nitrogens with one attached hydrogen (secondary N) is 2. The maximum absolute atomic E-state index is 13.3. The van der Waals surface area contributed by atoms with E-state index in [4.69, 9.17) is 0 Å². The highest BCUT2D eigenvalue weighted by atomic mass is 19.1. The van der Waals surface area contributed by atoms with Crippen molar-refractivity contribution in [3.63, 3.8) is 0 Å². The Hall–Kier alpha value is -2.69. The predicted octanol–water partition coefficient (Wildman–Crippen LogP) is 3.80. The van der Waals surface area contributed by atoms with Gasteiger partial charge >= 0.3 is 0 Å². The molecule has 2 N–H and O–H groups in total. The normalized spacial score (nSPS) is 15.2. The Bertz CT molecular complexity index is 855. The van der Waals surface area contributed by atoms with Crippen molar-refractivity contribution in [2.24, 2.45) is 0 Å². The monoisotopic (exact) mass is 382 g/mol. The van der Waals surface area contributed by atoms with Crippen molar-refractivity contribution >= 4 is 11.8 Å². The second kappa shape index (κ2) is 8.55. The molecular formula is C23H27FN2O2. The summed E-state index contributed by atoms with van der Waals surface area (Å²) in [6.07, 6.45) is 4.12. The van der Waals surface area contributed by atoms with Crippen molar-refractivity contribution < 1.29 is 14.0 Å². The van der Waals surface area contributed by atoms with Gasteiger partial charge < -0.3 is 10.6 Å². The Labute approximate surface area is 165 Å². The fourth-order valence-electron chi connectivity index (χ4n) is 3.90. The average Bonchev–Trinajstić information content (AvgIpc) is 3.17. The predicted molar refractivity (Wildman–Crippen MR) is 108 cm³/mol. The quantitative estimate of drug-likeness (QED) is 0.798. The van der Waals surface area contributed by atoms with Gasteiger partial charge in [0, 0.05) is 17.5 Å². The first-order valence-corrected chi connectivity index (χ1v) is 9.78. The van der Waals surface area contributed by atoms with Gasteiger partial charge in [-0.15, -0.1) is 0 Å². The lowest BCUT2D eigenvalue weighted by Crippen LogP contribution is -2.43. The zero-order chi connectivity index (χ0) is 20.1. The van der Waals surface area contributed by atoms with E-state index in [1.807, 2.05) is 38.1 Å². The van der Waals surface area contributed by atoms with Gasteiger partial charge in [0.1, 0.15) is 5.82 Å². The molecular weight excluding hydrogens is 355 g/mol. The van der Waals surface area contributed by atoms with Gasteiger partial charge in [0.05, 0.1) is 6.54 Å². The molecule has 0 radical (unpaired) electrons. The topological polar surface area (TPSA) is 58.2 Å². The van der Waals surface area contributed by atoms with Crippen LogP contribution in [-0.2, 0) is 10.2 Å². The fourth-order valence-corrected chi connectivity index (χ4v) is 3.90. The molecule has 3 rings (SSSR count). The summed E-state index contributed by atoms with van der Waals surface area (Å²) in [4.78, 5) is 24.6. The minimum Gasteiger partial charge on any atom is -0.354 e. The van der Waals surface area contributed by atoms with Crippen molar-refractivity contribution in [3.8, 4) is 0 Å². The van der Waals surface area contributed by atoms with Crippen LogP contribution in [0.15, 0.2) is 42.5 Å². The molecule has 1 aliphatic rings. The number of halogens is 1. The Morgan fingerprint density at radius 3 is 2.29 bits per heavy atom. The van der Waals surface area contributed by atoms with Crippen LogP contribution in [0.5, 0.6) is 0 Å². The van der Waals surface area contributed by atoms with Crippen LogP contribution >= 0.6 is 0 Å². The average molecular weight is 382 g/mol. The van der Waals surface area contributed by atoms with Gasteiger partial charge in [0.15, 0.2) is 0 Å². The minimum atomic E-state index is -0.257. The van der Waals surface area contributed by atoms with E-state index in [1.165, 1.54) is 12.1 Å². The summed E-state index contributed by atoms with van der Waals surface area (Å²) in [7, 11) is 0. The number of rotatable bonds is 6. The maximum Gasteiger partial charge on any atom is 0.251 e. The van der Waals surface area contributed by atoms with Crippen LogP contribution in [0.2, 0.25) is 0 Å². The third-order valence-electron chi connectivity index (χ3n) is 5.82. The molecule has 1 aliphatic carbocycles. The SMILES string of the molecule is Cc1ccc(C(=O)NCC(=O)NCC2(c3ccc(F)cc3)CCCC2)cc1C. The molecule has 2 aromatic rings. The maximum atomic E-state index is 13.3. The lowest BCUT2D eigenvalue weighted by Gasteiger charge is -2.30. The number of aryl methyl sites for hydroxylation is 2. The second-order valence-corrected chi connectivity index (χ2v) is 7.75. The molecule has 0 aliphatic heterocycles. The third-order valence-corrected chi connectivity index (χ3v) is 5.82. The van der Waals surface area contributed by atoms with Gasteiger partial charge in [-0.3, -0.25) is 9.59 Å². The van der Waals surface area contributed by atoms with Gasteiger partial charge in [-0.05, 0) is 67.6 Å². The van der Waals surface area contributed by atoms with Gasteiger partial charge in [-0.1, -0.05) is 31.0 Å². The highest BCUT2D eigenvalue weighted by Crippen LogP contribution is 2.40. The van der Waals surface area contributed by atoms with Crippen LogP contribution in [0.3, 0.4) is 0 Å². The van der Waals surface area contributed by atoms with Crippen LogP contribution in [0.1, 0.15) is 52.7 Å². The fraction of sp³-hybridized carbons (Fsp3) is 0.391. The number of hydrogen-bond acceptors (Lipinski definition) is 2. The molecule has 4 nitrogen and oxygen atoms in total. The molecule has 0 bridgehead atoms. The van der Waals surface area contributed by atoms with Crippen molar-refractivity contribution in [2.45, 2.75) is 44.9 Å². The van der Waals surface area contributed by atoms with E-state index in [9.17, 15) is 14.0 Å². The van der Waals surface area contributed by atoms with Crippen molar-refractivity contribution in [2.75, 3.05) is 13.1 Å². The Balaban J connectivity index is 1.56. The summed E-state index contributed by atoms with van der Waals surface area (Å²) in [6.45, 7) is 4.38. The first-order chi connectivity index (χ1) is 13.4. The number of amides is 2. The van der Waals surface area contributed by atoms with E-state index < -0.39 is 0 Å². The molecule has 0 heterocycles. The van der Waals surface area contributed by atoms with E-state index in [1.54, 1.807) is 6.07 Å². The molecule has 0 unspecified atom stereocenters. The summed E-state index contributed by atoms with van der Waals surface area (Å²) < 4.78 is 13.3. The summed E-state index contributed by atoms with van der Waals surface area (Å²) in [5.74, 6) is -0.729. The number of carbonyl (C=O) groups excluding carboxylic acids is 2. The minimum absolute atomic E-state index is 0.0642. The molecule has 0 aromatic heterocycles. The van der Waals surface area contributed by atoms with Gasteiger partial charge in [0.25, 0.3) is 5.91 Å². The van der Waals surface area contributed by atoms with E-state index in [0.29, 0.717) is 12.1 Å². The molecule has 0 atom stereocenters. The van der Waals surface area contributed by atoms with E-state index in [0.717, 1.165) is 42.4 Å². The first-order valence-electron chi connectivity index (χ1n) is 9.78. The first kappa shape index (κ1) is 20.1. The number of hydrogen-bond donors (Lipinski definition) is 2. The van der Waals surface area contributed by atoms with Gasteiger partial charge in [0.2, 0.25) is 5.91 Å². The molecule has 2 aromatic carbocycles. The molecule has 1 fully saturated rings. The van der Waals surface area contributed by atoms with Crippen molar-refractivity contribution in [3.05, 3.63) is 70.5 Å². The third kappa shape index (κ3) is 4.58. The molecule has 28 heavy (non-hydrogen) atoms. The number of carbonyl (C=O) groups is 2. The largest absolute Gasteiger partial charge is 0.354 e. The van der Waals surface area contributed by atoms with Gasteiger partial charge in [-0.2, -0.15) is 0 Å². The Morgan fingerprint density at radius 1 is 0.964 bits per heavy atom. The van der Waals surface area contributed by atoms with E-state index in [-0.39, 0.29) is 29.6 Å². The van der Waals surface area contributed by atoms with Crippen LogP contribution in [0.4, 0.5) is 4.39 Å². The summed E-state index contributed by atoms with van der Waals surface area (Å²) in [5.41, 5.74) is 3.62. The Morgan fingerprint density at radius 2 is 1.64 bits per heavy atom. The van der Waals surface area contributed by atoms with Gasteiger partial charge in [-0.25, -0.2) is 4.39 Å². The summed E-state index contributed by atoms with van der Waals surface area (Å²) >= 11 is 0. The van der Waals surface area contributed by atoms with Crippen LogP contribution in [0, 0.1) is 19.7 Å². The van der Waals surface area contributed by atoms with E-state index >= 15 is 0 Å². The Kier molecular flexibility index (Phi) is 6.12. The van der Waals surface area contributed by atoms with Crippen LogP contribution < -0.4 is 10.6 Å². The highest BCUT2D eigenvalue weighted by molar-refractivity contribution is 5.96. The van der Waals surface area contributed by atoms with Crippen molar-refractivity contribution in [1.29, 1.82) is 0 Å². The molecule has 1 saturated carbocycles. The van der Waals surface area contributed by atoms with Crippen LogP contribution in [0.25, 0.3) is 0 Å². The molecule has 2 amide bonds. The summed E-state index contributed by atoms with van der Waals surface area (Å²) in [6, 6.07) is 12.1. The van der Waals surface area contributed by atoms with Crippen molar-refractivity contribution in [1.82, 2.24) is 10.6 Å².